The van der Waals surface area contributed by atoms with Crippen LogP contribution in [-0.2, 0) is 16.0 Å². The van der Waals surface area contributed by atoms with E-state index in [0.29, 0.717) is 18.0 Å². The van der Waals surface area contributed by atoms with Crippen LogP contribution in [0.5, 0.6) is 5.75 Å². The molecule has 0 unspecified atom stereocenters. The predicted octanol–water partition coefficient (Wildman–Crippen LogP) is 5.29. The van der Waals surface area contributed by atoms with E-state index in [2.05, 4.69) is 32.6 Å². The zero-order chi connectivity index (χ0) is 26.0. The van der Waals surface area contributed by atoms with Gasteiger partial charge in [0.2, 0.25) is 0 Å². The molecule has 6 nitrogen and oxygen atoms in total. The van der Waals surface area contributed by atoms with E-state index in [-0.39, 0.29) is 17.4 Å². The van der Waals surface area contributed by atoms with Crippen molar-refractivity contribution in [2.45, 2.75) is 65.5 Å². The topological polar surface area (TPSA) is 70.1 Å². The Morgan fingerprint density at radius 3 is 2.44 bits per heavy atom. The van der Waals surface area contributed by atoms with Crippen LogP contribution in [0.15, 0.2) is 48.0 Å². The Bertz CT molecular complexity index is 1150. The molecule has 0 aromatic heterocycles. The van der Waals surface area contributed by atoms with Crippen LogP contribution in [0.3, 0.4) is 0 Å². The highest BCUT2D eigenvalue weighted by Gasteiger charge is 2.45. The van der Waals surface area contributed by atoms with Crippen LogP contribution in [0.1, 0.15) is 75.3 Å². The number of ether oxygens (including phenoxy) is 1. The molecule has 2 aromatic carbocycles. The molecule has 2 aliphatic heterocycles. The summed E-state index contributed by atoms with van der Waals surface area (Å²) in [5.74, 6) is -0.127. The Hall–Kier alpha value is -3.12. The Morgan fingerprint density at radius 1 is 1.11 bits per heavy atom. The summed E-state index contributed by atoms with van der Waals surface area (Å²) >= 11 is 0. The van der Waals surface area contributed by atoms with Crippen molar-refractivity contribution in [3.63, 3.8) is 0 Å². The number of likely N-dealkylation sites (tertiary alicyclic amines) is 1. The molecule has 192 valence electrons. The summed E-state index contributed by atoms with van der Waals surface area (Å²) in [7, 11) is 0. The van der Waals surface area contributed by atoms with Crippen molar-refractivity contribution < 1.29 is 19.4 Å². The van der Waals surface area contributed by atoms with Crippen molar-refractivity contribution >= 4 is 17.4 Å². The fourth-order valence-electron chi connectivity index (χ4n) is 5.25. The maximum absolute atomic E-state index is 13.3. The zero-order valence-electron chi connectivity index (χ0n) is 22.1. The number of rotatable bonds is 9. The molecule has 2 aromatic rings. The Labute approximate surface area is 214 Å². The molecule has 36 heavy (non-hydrogen) atoms. The third kappa shape index (κ3) is 5.05. The number of hydrogen-bond donors (Lipinski definition) is 1. The number of benzene rings is 2. The third-order valence-corrected chi connectivity index (χ3v) is 7.40. The summed E-state index contributed by atoms with van der Waals surface area (Å²) in [6, 6.07) is 12.9. The quantitative estimate of drug-likeness (QED) is 0.294. The highest BCUT2D eigenvalue weighted by atomic mass is 16.5. The molecule has 1 N–H and O–H groups in total. The summed E-state index contributed by atoms with van der Waals surface area (Å²) in [5, 5.41) is 11.4. The lowest BCUT2D eigenvalue weighted by molar-refractivity contribution is -0.140. The Kier molecular flexibility index (Phi) is 7.84. The Morgan fingerprint density at radius 2 is 1.81 bits per heavy atom. The van der Waals surface area contributed by atoms with Crippen molar-refractivity contribution in [1.82, 2.24) is 9.80 Å². The number of amides is 1. The molecule has 0 saturated carbocycles. The molecule has 0 radical (unpaired) electrons. The molecule has 2 atom stereocenters. The third-order valence-electron chi connectivity index (χ3n) is 7.40. The summed E-state index contributed by atoms with van der Waals surface area (Å²) in [6.45, 7) is 13.7. The number of hydrogen-bond acceptors (Lipinski definition) is 5. The number of aliphatic hydroxyl groups excluding tert-OH is 1. The Balaban J connectivity index is 1.73. The van der Waals surface area contributed by atoms with E-state index in [9.17, 15) is 14.7 Å². The lowest BCUT2D eigenvalue weighted by Crippen LogP contribution is -2.33. The number of nitrogens with zero attached hydrogens (tertiary/aromatic N) is 2. The molecule has 0 spiro atoms. The SMILES string of the molecule is CCN(CC)CCCN1C(=O)C(=O)/C(=C(/O)c2ccc3c(c2)C[C@@H](C)O3)[C@@H]1c1ccc(C(C)C)cc1. The van der Waals surface area contributed by atoms with Gasteiger partial charge in [-0.05, 0) is 73.8 Å². The number of ketones is 1. The first kappa shape index (κ1) is 26.0. The minimum atomic E-state index is -0.626. The average molecular weight is 491 g/mol. The van der Waals surface area contributed by atoms with E-state index in [4.69, 9.17) is 4.74 Å². The second-order valence-electron chi connectivity index (χ2n) is 10.1. The van der Waals surface area contributed by atoms with Gasteiger partial charge in [-0.25, -0.2) is 0 Å². The van der Waals surface area contributed by atoms with E-state index >= 15 is 0 Å². The fourth-order valence-corrected chi connectivity index (χ4v) is 5.25. The van der Waals surface area contributed by atoms with Gasteiger partial charge in [0.25, 0.3) is 11.7 Å². The van der Waals surface area contributed by atoms with E-state index in [1.165, 1.54) is 5.56 Å². The van der Waals surface area contributed by atoms with Crippen molar-refractivity contribution in [1.29, 1.82) is 0 Å². The van der Waals surface area contributed by atoms with Gasteiger partial charge in [-0.2, -0.15) is 0 Å². The normalized spacial score (nSPS) is 20.9. The smallest absolute Gasteiger partial charge is 0.295 e. The van der Waals surface area contributed by atoms with Crippen LogP contribution in [0.25, 0.3) is 5.76 Å². The van der Waals surface area contributed by atoms with Gasteiger partial charge in [0.1, 0.15) is 17.6 Å². The molecule has 4 rings (SSSR count). The standard InChI is InChI=1S/C30H38N2O4/c1-6-31(7-2)15-8-16-32-27(22-11-9-21(10-12-22)19(3)4)26(29(34)30(32)35)28(33)23-13-14-25-24(18-23)17-20(5)36-25/h9-14,18-20,27,33H,6-8,15-17H2,1-5H3/b28-26+/t20-,27+/m1/s1. The molecule has 1 saturated heterocycles. The second-order valence-corrected chi connectivity index (χ2v) is 10.1. The molecule has 1 fully saturated rings. The van der Waals surface area contributed by atoms with Crippen LogP contribution in [0.4, 0.5) is 0 Å². The van der Waals surface area contributed by atoms with E-state index in [0.717, 1.165) is 49.4 Å². The molecule has 1 amide bonds. The predicted molar refractivity (Wildman–Crippen MR) is 142 cm³/mol. The number of aliphatic hydroxyl groups is 1. The number of carbonyl (C=O) groups is 2. The van der Waals surface area contributed by atoms with Crippen molar-refractivity contribution in [2.24, 2.45) is 0 Å². The maximum Gasteiger partial charge on any atom is 0.295 e. The molecule has 0 bridgehead atoms. The van der Waals surface area contributed by atoms with Crippen LogP contribution in [0, 0.1) is 0 Å². The summed E-state index contributed by atoms with van der Waals surface area (Å²) < 4.78 is 5.79. The first-order chi connectivity index (χ1) is 17.2. The van der Waals surface area contributed by atoms with Gasteiger partial charge in [0.05, 0.1) is 11.6 Å². The molecule has 0 aliphatic carbocycles. The van der Waals surface area contributed by atoms with Crippen LogP contribution in [0.2, 0.25) is 0 Å². The van der Waals surface area contributed by atoms with Gasteiger partial charge in [0.15, 0.2) is 0 Å². The largest absolute Gasteiger partial charge is 0.507 e. The summed E-state index contributed by atoms with van der Waals surface area (Å²) in [4.78, 5) is 30.5. The van der Waals surface area contributed by atoms with Crippen molar-refractivity contribution in [3.8, 4) is 5.75 Å². The van der Waals surface area contributed by atoms with Crippen LogP contribution in [-0.4, -0.2) is 58.9 Å². The molecular formula is C30H38N2O4. The van der Waals surface area contributed by atoms with Gasteiger partial charge in [-0.3, -0.25) is 9.59 Å². The number of carbonyl (C=O) groups excluding carboxylic acids is 2. The van der Waals surface area contributed by atoms with Gasteiger partial charge < -0.3 is 19.6 Å². The fraction of sp³-hybridized carbons (Fsp3) is 0.467. The minimum absolute atomic E-state index is 0.0771. The molecular weight excluding hydrogens is 452 g/mol. The maximum atomic E-state index is 13.3. The average Bonchev–Trinajstić information content (AvgIpc) is 3.37. The minimum Gasteiger partial charge on any atom is -0.507 e. The first-order valence-corrected chi connectivity index (χ1v) is 13.2. The zero-order valence-corrected chi connectivity index (χ0v) is 22.1. The second kappa shape index (κ2) is 10.9. The molecule has 2 heterocycles. The van der Waals surface area contributed by atoms with Crippen molar-refractivity contribution in [3.05, 3.63) is 70.3 Å². The van der Waals surface area contributed by atoms with E-state index in [1.807, 2.05) is 43.3 Å². The van der Waals surface area contributed by atoms with Gasteiger partial charge in [-0.1, -0.05) is 52.0 Å². The van der Waals surface area contributed by atoms with Crippen LogP contribution < -0.4 is 4.74 Å². The lowest BCUT2D eigenvalue weighted by Gasteiger charge is -2.27. The van der Waals surface area contributed by atoms with Crippen LogP contribution >= 0.6 is 0 Å². The molecule has 6 heteroatoms. The summed E-state index contributed by atoms with van der Waals surface area (Å²) in [5.41, 5.74) is 3.72. The summed E-state index contributed by atoms with van der Waals surface area (Å²) in [6.07, 6.45) is 1.58. The van der Waals surface area contributed by atoms with Gasteiger partial charge >= 0.3 is 0 Å². The highest BCUT2D eigenvalue weighted by Crippen LogP contribution is 2.41. The van der Waals surface area contributed by atoms with Gasteiger partial charge in [-0.15, -0.1) is 0 Å². The van der Waals surface area contributed by atoms with Gasteiger partial charge in [0, 0.05) is 18.5 Å². The molecule has 2 aliphatic rings. The number of Topliss-reactive ketones (excluding diaryl/α,β-unsaturated/α-hetero) is 1. The van der Waals surface area contributed by atoms with E-state index in [1.54, 1.807) is 11.0 Å². The van der Waals surface area contributed by atoms with Crippen molar-refractivity contribution in [2.75, 3.05) is 26.2 Å². The number of fused-ring (bicyclic) bond motifs is 1. The van der Waals surface area contributed by atoms with E-state index < -0.39 is 17.7 Å². The first-order valence-electron chi connectivity index (χ1n) is 13.2. The lowest BCUT2D eigenvalue weighted by atomic mass is 9.92. The highest BCUT2D eigenvalue weighted by molar-refractivity contribution is 6.46. The monoisotopic (exact) mass is 490 g/mol.